The lowest BCUT2D eigenvalue weighted by Crippen LogP contribution is -2.16. The molecule has 2 N–H and O–H groups in total. The summed E-state index contributed by atoms with van der Waals surface area (Å²) in [5.74, 6) is 0. The van der Waals surface area contributed by atoms with E-state index in [0.29, 0.717) is 0 Å². The number of nitrogen functional groups attached to an aromatic ring is 1. The third-order valence-electron chi connectivity index (χ3n) is 2.86. The Labute approximate surface area is 113 Å². The van der Waals surface area contributed by atoms with Crippen LogP contribution in [-0.2, 0) is 6.54 Å². The largest absolute Gasteiger partial charge is 0.399 e. The Morgan fingerprint density at radius 1 is 1.11 bits per heavy atom. The van der Waals surface area contributed by atoms with Gasteiger partial charge in [0.15, 0.2) is 0 Å². The molecular weight excluding hydrogens is 244 g/mol. The van der Waals surface area contributed by atoms with Gasteiger partial charge >= 0.3 is 0 Å². The zero-order chi connectivity index (χ0) is 13.1. The number of hydrogen-bond donors (Lipinski definition) is 1. The molecule has 0 saturated carbocycles. The van der Waals surface area contributed by atoms with Gasteiger partial charge in [0.05, 0.1) is 0 Å². The highest BCUT2D eigenvalue weighted by Gasteiger charge is 2.04. The third-order valence-corrected chi connectivity index (χ3v) is 3.11. The summed E-state index contributed by atoms with van der Waals surface area (Å²) in [6.07, 6.45) is 0. The number of benzene rings is 2. The molecule has 0 heterocycles. The molecule has 0 saturated heterocycles. The highest BCUT2D eigenvalue weighted by Crippen LogP contribution is 2.21. The fourth-order valence-corrected chi connectivity index (χ4v) is 2.09. The van der Waals surface area contributed by atoms with Crippen LogP contribution in [0.5, 0.6) is 0 Å². The fourth-order valence-electron chi connectivity index (χ4n) is 1.97. The first-order chi connectivity index (χ1) is 8.54. The van der Waals surface area contributed by atoms with Crippen LogP contribution in [-0.4, -0.2) is 7.05 Å². The third kappa shape index (κ3) is 3.17. The first kappa shape index (κ1) is 12.8. The molecule has 0 atom stereocenters. The molecule has 0 unspecified atom stereocenters. The van der Waals surface area contributed by atoms with E-state index in [4.69, 9.17) is 17.3 Å². The number of anilines is 2. The van der Waals surface area contributed by atoms with E-state index in [1.165, 1.54) is 11.1 Å². The Kier molecular flexibility index (Phi) is 3.78. The molecule has 2 aromatic carbocycles. The van der Waals surface area contributed by atoms with Gasteiger partial charge in [-0.15, -0.1) is 0 Å². The van der Waals surface area contributed by atoms with Crippen molar-refractivity contribution in [1.29, 1.82) is 0 Å². The highest BCUT2D eigenvalue weighted by molar-refractivity contribution is 6.30. The van der Waals surface area contributed by atoms with Gasteiger partial charge in [0.2, 0.25) is 0 Å². The molecular formula is C15H17ClN2. The summed E-state index contributed by atoms with van der Waals surface area (Å²) in [7, 11) is 2.06. The number of rotatable bonds is 3. The van der Waals surface area contributed by atoms with E-state index in [2.05, 4.69) is 24.9 Å². The number of nitrogens with zero attached hydrogens (tertiary/aromatic N) is 1. The normalized spacial score (nSPS) is 10.4. The van der Waals surface area contributed by atoms with Gasteiger partial charge in [0.25, 0.3) is 0 Å². The van der Waals surface area contributed by atoms with E-state index in [-0.39, 0.29) is 0 Å². The maximum Gasteiger partial charge on any atom is 0.0426 e. The zero-order valence-electron chi connectivity index (χ0n) is 10.7. The Bertz CT molecular complexity index is 514. The summed E-state index contributed by atoms with van der Waals surface area (Å²) in [6.45, 7) is 2.88. The smallest absolute Gasteiger partial charge is 0.0426 e. The summed E-state index contributed by atoms with van der Waals surface area (Å²) in [5.41, 5.74) is 10.2. The van der Waals surface area contributed by atoms with Crippen LogP contribution < -0.4 is 10.6 Å². The Balaban J connectivity index is 2.16. The van der Waals surface area contributed by atoms with Crippen LogP contribution in [0.15, 0.2) is 42.5 Å². The predicted molar refractivity (Wildman–Crippen MR) is 79.2 cm³/mol. The van der Waals surface area contributed by atoms with Gasteiger partial charge < -0.3 is 10.6 Å². The second kappa shape index (κ2) is 5.32. The minimum Gasteiger partial charge on any atom is -0.399 e. The molecule has 18 heavy (non-hydrogen) atoms. The molecule has 0 aromatic heterocycles. The SMILES string of the molecule is Cc1cc(N)cc(N(C)Cc2ccc(Cl)cc2)c1. The summed E-state index contributed by atoms with van der Waals surface area (Å²) in [4.78, 5) is 2.17. The van der Waals surface area contributed by atoms with Gasteiger partial charge in [0, 0.05) is 30.0 Å². The topological polar surface area (TPSA) is 29.3 Å². The summed E-state index contributed by atoms with van der Waals surface area (Å²) >= 11 is 5.88. The molecule has 2 aromatic rings. The molecule has 0 radical (unpaired) electrons. The van der Waals surface area contributed by atoms with Gasteiger partial charge in [-0.05, 0) is 48.4 Å². The minimum atomic E-state index is 0.765. The van der Waals surface area contributed by atoms with Crippen LogP contribution in [0.3, 0.4) is 0 Å². The minimum absolute atomic E-state index is 0.765. The van der Waals surface area contributed by atoms with Gasteiger partial charge in [0.1, 0.15) is 0 Å². The first-order valence-electron chi connectivity index (χ1n) is 5.87. The monoisotopic (exact) mass is 260 g/mol. The first-order valence-corrected chi connectivity index (χ1v) is 6.25. The van der Waals surface area contributed by atoms with E-state index in [9.17, 15) is 0 Å². The Hall–Kier alpha value is -1.67. The lowest BCUT2D eigenvalue weighted by molar-refractivity contribution is 0.922. The second-order valence-electron chi connectivity index (χ2n) is 4.58. The van der Waals surface area contributed by atoms with Crippen molar-refractivity contribution in [2.24, 2.45) is 0 Å². The number of aryl methyl sites for hydroxylation is 1. The van der Waals surface area contributed by atoms with Crippen molar-refractivity contribution in [2.75, 3.05) is 17.7 Å². The van der Waals surface area contributed by atoms with Crippen LogP contribution in [0.4, 0.5) is 11.4 Å². The zero-order valence-corrected chi connectivity index (χ0v) is 11.4. The van der Waals surface area contributed by atoms with Crippen LogP contribution >= 0.6 is 11.6 Å². The predicted octanol–water partition coefficient (Wildman–Crippen LogP) is 3.87. The van der Waals surface area contributed by atoms with Gasteiger partial charge in [-0.1, -0.05) is 23.7 Å². The molecule has 94 valence electrons. The fraction of sp³-hybridized carbons (Fsp3) is 0.200. The van der Waals surface area contributed by atoms with E-state index >= 15 is 0 Å². The summed E-state index contributed by atoms with van der Waals surface area (Å²) < 4.78 is 0. The van der Waals surface area contributed by atoms with E-state index in [1.54, 1.807) is 0 Å². The average molecular weight is 261 g/mol. The molecule has 0 amide bonds. The lowest BCUT2D eigenvalue weighted by atomic mass is 10.1. The van der Waals surface area contributed by atoms with Crippen molar-refractivity contribution in [3.63, 3.8) is 0 Å². The summed E-state index contributed by atoms with van der Waals surface area (Å²) in [6, 6.07) is 14.0. The molecule has 2 nitrogen and oxygen atoms in total. The van der Waals surface area contributed by atoms with Crippen molar-refractivity contribution in [1.82, 2.24) is 0 Å². The van der Waals surface area contributed by atoms with Gasteiger partial charge in [-0.3, -0.25) is 0 Å². The molecule has 0 fully saturated rings. The van der Waals surface area contributed by atoms with Crippen LogP contribution in [0.25, 0.3) is 0 Å². The summed E-state index contributed by atoms with van der Waals surface area (Å²) in [5, 5.41) is 0.765. The van der Waals surface area contributed by atoms with Crippen molar-refractivity contribution >= 4 is 23.0 Å². The Morgan fingerprint density at radius 2 is 1.78 bits per heavy atom. The quantitative estimate of drug-likeness (QED) is 0.849. The van der Waals surface area contributed by atoms with Crippen molar-refractivity contribution < 1.29 is 0 Å². The van der Waals surface area contributed by atoms with Gasteiger partial charge in [-0.25, -0.2) is 0 Å². The highest BCUT2D eigenvalue weighted by atomic mass is 35.5. The number of halogens is 1. The van der Waals surface area contributed by atoms with E-state index in [1.807, 2.05) is 36.4 Å². The number of hydrogen-bond acceptors (Lipinski definition) is 2. The standard InChI is InChI=1S/C15H17ClN2/c1-11-7-14(17)9-15(8-11)18(2)10-12-3-5-13(16)6-4-12/h3-9H,10,17H2,1-2H3. The van der Waals surface area contributed by atoms with Crippen molar-refractivity contribution in [2.45, 2.75) is 13.5 Å². The molecule has 0 aliphatic heterocycles. The second-order valence-corrected chi connectivity index (χ2v) is 5.02. The van der Waals surface area contributed by atoms with Crippen molar-refractivity contribution in [3.05, 3.63) is 58.6 Å². The molecule has 2 rings (SSSR count). The maximum absolute atomic E-state index is 5.88. The van der Waals surface area contributed by atoms with E-state index < -0.39 is 0 Å². The van der Waals surface area contributed by atoms with Crippen LogP contribution in [0.1, 0.15) is 11.1 Å². The maximum atomic E-state index is 5.88. The molecule has 0 bridgehead atoms. The molecule has 0 aliphatic rings. The van der Waals surface area contributed by atoms with Crippen molar-refractivity contribution in [3.8, 4) is 0 Å². The van der Waals surface area contributed by atoms with Gasteiger partial charge in [-0.2, -0.15) is 0 Å². The molecule has 0 spiro atoms. The molecule has 0 aliphatic carbocycles. The number of nitrogens with two attached hydrogens (primary N) is 1. The lowest BCUT2D eigenvalue weighted by Gasteiger charge is -2.20. The van der Waals surface area contributed by atoms with E-state index in [0.717, 1.165) is 22.9 Å². The Morgan fingerprint density at radius 3 is 2.39 bits per heavy atom. The van der Waals surface area contributed by atoms with Crippen LogP contribution in [0, 0.1) is 6.92 Å². The molecule has 3 heteroatoms. The average Bonchev–Trinajstić information content (AvgIpc) is 2.31. The van der Waals surface area contributed by atoms with Crippen LogP contribution in [0.2, 0.25) is 5.02 Å².